The molecule has 1 fully saturated rings. The number of halogens is 1. The molecule has 0 aromatic heterocycles. The van der Waals surface area contributed by atoms with E-state index < -0.39 is 0 Å². The van der Waals surface area contributed by atoms with Crippen molar-refractivity contribution >= 4 is 35.8 Å². The molecule has 112 valence electrons. The first-order valence-electron chi connectivity index (χ1n) is 6.83. The molecule has 0 bridgehead atoms. The van der Waals surface area contributed by atoms with Crippen molar-refractivity contribution in [1.82, 2.24) is 10.2 Å². The minimum absolute atomic E-state index is 0. The number of nitrogens with two attached hydrogens (primary N) is 1. The van der Waals surface area contributed by atoms with Gasteiger partial charge in [-0.1, -0.05) is 6.92 Å². The van der Waals surface area contributed by atoms with Crippen molar-refractivity contribution in [2.24, 2.45) is 16.6 Å². The van der Waals surface area contributed by atoms with Gasteiger partial charge in [0.05, 0.1) is 6.54 Å². The van der Waals surface area contributed by atoms with Crippen molar-refractivity contribution < 1.29 is 4.79 Å². The van der Waals surface area contributed by atoms with E-state index in [4.69, 9.17) is 5.73 Å². The molecule has 0 aromatic rings. The summed E-state index contributed by atoms with van der Waals surface area (Å²) in [6, 6.07) is 0.182. The van der Waals surface area contributed by atoms with E-state index in [1.807, 2.05) is 13.8 Å². The van der Waals surface area contributed by atoms with Gasteiger partial charge in [-0.25, -0.2) is 0 Å². The monoisotopic (exact) mass is 382 g/mol. The Morgan fingerprint density at radius 1 is 1.53 bits per heavy atom. The van der Waals surface area contributed by atoms with Gasteiger partial charge in [0.15, 0.2) is 5.96 Å². The number of nitrogens with one attached hydrogen (secondary N) is 1. The van der Waals surface area contributed by atoms with Crippen LogP contribution < -0.4 is 11.1 Å². The highest BCUT2D eigenvalue weighted by Gasteiger charge is 2.17. The zero-order valence-corrected chi connectivity index (χ0v) is 14.5. The third-order valence-electron chi connectivity index (χ3n) is 3.04. The van der Waals surface area contributed by atoms with Crippen LogP contribution in [0.5, 0.6) is 0 Å². The highest BCUT2D eigenvalue weighted by molar-refractivity contribution is 14.0. The zero-order chi connectivity index (χ0) is 13.5. The smallest absolute Gasteiger partial charge is 0.222 e. The maximum Gasteiger partial charge on any atom is 0.222 e. The van der Waals surface area contributed by atoms with Gasteiger partial charge >= 0.3 is 0 Å². The second kappa shape index (κ2) is 9.39. The summed E-state index contributed by atoms with van der Waals surface area (Å²) in [5, 5.41) is 2.84. The Bertz CT molecular complexity index is 307. The summed E-state index contributed by atoms with van der Waals surface area (Å²) in [6.07, 6.45) is 2.84. The zero-order valence-electron chi connectivity index (χ0n) is 12.2. The van der Waals surface area contributed by atoms with Crippen LogP contribution in [0.1, 0.15) is 40.0 Å². The van der Waals surface area contributed by atoms with E-state index in [0.29, 0.717) is 24.8 Å². The molecule has 1 amide bonds. The number of carbonyl (C=O) groups is 1. The Kier molecular flexibility index (Phi) is 9.12. The van der Waals surface area contributed by atoms with E-state index >= 15 is 0 Å². The molecular formula is C13H27IN4O. The fraction of sp³-hybridized carbons (Fsp3) is 0.846. The standard InChI is InChI=1S/C13H26N4O.HI/c1-10(2)16-12(18)6-7-15-13(14)17-8-4-5-11(3)9-17;/h10-11H,4-9H2,1-3H3,(H2,14,15)(H,16,18);1H. The van der Waals surface area contributed by atoms with Crippen molar-refractivity contribution in [3.8, 4) is 0 Å². The molecular weight excluding hydrogens is 355 g/mol. The Labute approximate surface area is 133 Å². The lowest BCUT2D eigenvalue weighted by atomic mass is 10.0. The van der Waals surface area contributed by atoms with Crippen LogP contribution in [0.25, 0.3) is 0 Å². The summed E-state index contributed by atoms with van der Waals surface area (Å²) in [4.78, 5) is 17.8. The minimum Gasteiger partial charge on any atom is -0.370 e. The number of piperidine rings is 1. The van der Waals surface area contributed by atoms with E-state index in [1.54, 1.807) is 0 Å². The topological polar surface area (TPSA) is 70.7 Å². The van der Waals surface area contributed by atoms with E-state index in [9.17, 15) is 4.79 Å². The highest BCUT2D eigenvalue weighted by Crippen LogP contribution is 2.14. The van der Waals surface area contributed by atoms with Gasteiger partial charge in [0.25, 0.3) is 0 Å². The number of hydrogen-bond donors (Lipinski definition) is 2. The quantitative estimate of drug-likeness (QED) is 0.441. The molecule has 1 unspecified atom stereocenters. The lowest BCUT2D eigenvalue weighted by Crippen LogP contribution is -2.43. The molecule has 19 heavy (non-hydrogen) atoms. The van der Waals surface area contributed by atoms with Gasteiger partial charge in [0, 0.05) is 25.6 Å². The molecule has 0 aromatic carbocycles. The van der Waals surface area contributed by atoms with Gasteiger partial charge in [0.1, 0.15) is 0 Å². The predicted octanol–water partition coefficient (Wildman–Crippen LogP) is 1.57. The van der Waals surface area contributed by atoms with Gasteiger partial charge in [-0.2, -0.15) is 0 Å². The third kappa shape index (κ3) is 7.59. The molecule has 0 radical (unpaired) electrons. The molecule has 1 aliphatic heterocycles. The molecule has 1 aliphatic rings. The van der Waals surface area contributed by atoms with Gasteiger partial charge in [-0.3, -0.25) is 9.79 Å². The number of nitrogens with zero attached hydrogens (tertiary/aromatic N) is 2. The van der Waals surface area contributed by atoms with Crippen molar-refractivity contribution in [3.63, 3.8) is 0 Å². The van der Waals surface area contributed by atoms with Gasteiger partial charge < -0.3 is 16.0 Å². The molecule has 6 heteroatoms. The van der Waals surface area contributed by atoms with Gasteiger partial charge in [-0.05, 0) is 32.6 Å². The summed E-state index contributed by atoms with van der Waals surface area (Å²) >= 11 is 0. The molecule has 0 saturated carbocycles. The van der Waals surface area contributed by atoms with E-state index in [-0.39, 0.29) is 35.9 Å². The van der Waals surface area contributed by atoms with E-state index in [1.165, 1.54) is 12.8 Å². The molecule has 1 rings (SSSR count). The molecule has 1 saturated heterocycles. The molecule has 0 spiro atoms. The minimum atomic E-state index is 0. The average Bonchev–Trinajstić information content (AvgIpc) is 2.27. The number of guanidine groups is 1. The number of rotatable bonds is 4. The summed E-state index contributed by atoms with van der Waals surface area (Å²) in [5.41, 5.74) is 5.94. The summed E-state index contributed by atoms with van der Waals surface area (Å²) in [5.74, 6) is 1.30. The van der Waals surface area contributed by atoms with E-state index in [0.717, 1.165) is 13.1 Å². The van der Waals surface area contributed by atoms with Crippen molar-refractivity contribution in [2.45, 2.75) is 46.1 Å². The van der Waals surface area contributed by atoms with Gasteiger partial charge in [0.2, 0.25) is 5.91 Å². The Morgan fingerprint density at radius 3 is 2.79 bits per heavy atom. The molecule has 1 heterocycles. The molecule has 3 N–H and O–H groups in total. The first-order valence-corrected chi connectivity index (χ1v) is 6.83. The molecule has 1 atom stereocenters. The van der Waals surface area contributed by atoms with Crippen LogP contribution in [-0.2, 0) is 4.79 Å². The van der Waals surface area contributed by atoms with E-state index in [2.05, 4.69) is 22.1 Å². The van der Waals surface area contributed by atoms with Crippen LogP contribution in [-0.4, -0.2) is 42.4 Å². The fourth-order valence-electron chi connectivity index (χ4n) is 2.16. The second-order valence-corrected chi connectivity index (χ2v) is 5.41. The van der Waals surface area contributed by atoms with Crippen molar-refractivity contribution in [2.75, 3.05) is 19.6 Å². The third-order valence-corrected chi connectivity index (χ3v) is 3.04. The fourth-order valence-corrected chi connectivity index (χ4v) is 2.16. The maximum atomic E-state index is 11.4. The number of hydrogen-bond acceptors (Lipinski definition) is 2. The van der Waals surface area contributed by atoms with Crippen LogP contribution in [0.3, 0.4) is 0 Å². The van der Waals surface area contributed by atoms with Crippen LogP contribution in [0.15, 0.2) is 4.99 Å². The Morgan fingerprint density at radius 2 is 2.21 bits per heavy atom. The number of likely N-dealkylation sites (tertiary alicyclic amines) is 1. The lowest BCUT2D eigenvalue weighted by molar-refractivity contribution is -0.121. The lowest BCUT2D eigenvalue weighted by Gasteiger charge is -2.31. The number of amides is 1. The van der Waals surface area contributed by atoms with Crippen molar-refractivity contribution in [1.29, 1.82) is 0 Å². The Hall–Kier alpha value is -0.530. The van der Waals surface area contributed by atoms with Crippen molar-refractivity contribution in [3.05, 3.63) is 0 Å². The predicted molar refractivity (Wildman–Crippen MR) is 89.8 cm³/mol. The Balaban J connectivity index is 0.00000324. The van der Waals surface area contributed by atoms with Crippen LogP contribution in [0.2, 0.25) is 0 Å². The molecule has 0 aliphatic carbocycles. The summed E-state index contributed by atoms with van der Waals surface area (Å²) in [7, 11) is 0. The van der Waals surface area contributed by atoms with Crippen LogP contribution >= 0.6 is 24.0 Å². The van der Waals surface area contributed by atoms with Crippen LogP contribution in [0.4, 0.5) is 0 Å². The maximum absolute atomic E-state index is 11.4. The SMILES string of the molecule is CC1CCCN(C(N)=NCCC(=O)NC(C)C)C1.I. The molecule has 5 nitrogen and oxygen atoms in total. The highest BCUT2D eigenvalue weighted by atomic mass is 127. The first kappa shape index (κ1) is 18.5. The largest absolute Gasteiger partial charge is 0.370 e. The van der Waals surface area contributed by atoms with Crippen LogP contribution in [0, 0.1) is 5.92 Å². The summed E-state index contributed by atoms with van der Waals surface area (Å²) < 4.78 is 0. The normalized spacial score (nSPS) is 20.1. The number of aliphatic imine (C=N–C) groups is 1. The summed E-state index contributed by atoms with van der Waals surface area (Å²) in [6.45, 7) is 8.56. The average molecular weight is 382 g/mol. The second-order valence-electron chi connectivity index (χ2n) is 5.41. The first-order chi connectivity index (χ1) is 8.49. The van der Waals surface area contributed by atoms with Gasteiger partial charge in [-0.15, -0.1) is 24.0 Å². The number of carbonyl (C=O) groups excluding carboxylic acids is 1.